The van der Waals surface area contributed by atoms with Gasteiger partial charge in [0.1, 0.15) is 0 Å². The highest BCUT2D eigenvalue weighted by Crippen LogP contribution is 2.65. The molecule has 0 radical (unpaired) electrons. The molecule has 158 valence electrons. The van der Waals surface area contributed by atoms with Crippen LogP contribution in [0.3, 0.4) is 0 Å². The lowest BCUT2D eigenvalue weighted by Crippen LogP contribution is -2.40. The van der Waals surface area contributed by atoms with Gasteiger partial charge in [-0.15, -0.1) is 10.2 Å². The number of amides is 1. The summed E-state index contributed by atoms with van der Waals surface area (Å²) in [6, 6.07) is 17.3. The summed E-state index contributed by atoms with van der Waals surface area (Å²) in [5, 5.41) is 14.3. The monoisotopic (exact) mass is 413 g/mol. The Bertz CT molecular complexity index is 1100. The third kappa shape index (κ3) is 3.34. The van der Waals surface area contributed by atoms with Crippen molar-refractivity contribution in [3.8, 4) is 22.5 Å². The smallest absolute Gasteiger partial charge is 0.225 e. The van der Waals surface area contributed by atoms with E-state index in [0.717, 1.165) is 43.5 Å². The van der Waals surface area contributed by atoms with Gasteiger partial charge in [0.15, 0.2) is 0 Å². The number of benzene rings is 2. The van der Waals surface area contributed by atoms with Gasteiger partial charge in [0.25, 0.3) is 0 Å². The van der Waals surface area contributed by atoms with Crippen LogP contribution in [-0.2, 0) is 4.79 Å². The van der Waals surface area contributed by atoms with Crippen molar-refractivity contribution in [2.45, 2.75) is 38.5 Å². The molecular formula is C25H27N5O. The van der Waals surface area contributed by atoms with E-state index in [0.29, 0.717) is 34.9 Å². The van der Waals surface area contributed by atoms with E-state index in [1.165, 1.54) is 17.5 Å². The fourth-order valence-corrected chi connectivity index (χ4v) is 5.47. The lowest BCUT2D eigenvalue weighted by Gasteiger charge is -2.33. The van der Waals surface area contributed by atoms with Crippen molar-refractivity contribution in [3.63, 3.8) is 0 Å². The van der Waals surface area contributed by atoms with Gasteiger partial charge in [-0.25, -0.2) is 0 Å². The van der Waals surface area contributed by atoms with Crippen LogP contribution < -0.4 is 0 Å². The molecule has 3 aliphatic rings. The number of carbonyl (C=O) groups excluding carboxylic acids is 1. The number of tetrazole rings is 1. The Labute approximate surface area is 182 Å². The number of hydrogen-bond acceptors (Lipinski definition) is 4. The third-order valence-corrected chi connectivity index (χ3v) is 7.80. The lowest BCUT2D eigenvalue weighted by molar-refractivity contribution is -0.134. The Kier molecular flexibility index (Phi) is 4.23. The fourth-order valence-electron chi connectivity index (χ4n) is 5.47. The zero-order valence-electron chi connectivity index (χ0n) is 17.8. The molecule has 2 aliphatic carbocycles. The van der Waals surface area contributed by atoms with Crippen molar-refractivity contribution in [3.05, 3.63) is 54.1 Å². The molecule has 3 aromatic rings. The van der Waals surface area contributed by atoms with Crippen molar-refractivity contribution in [2.24, 2.45) is 17.3 Å². The first-order valence-corrected chi connectivity index (χ1v) is 11.4. The van der Waals surface area contributed by atoms with E-state index in [2.05, 4.69) is 68.8 Å². The van der Waals surface area contributed by atoms with Crippen LogP contribution in [0.25, 0.3) is 22.5 Å². The molecule has 2 aromatic carbocycles. The second-order valence-electron chi connectivity index (χ2n) is 9.70. The quantitative estimate of drug-likeness (QED) is 0.693. The van der Waals surface area contributed by atoms with Crippen molar-refractivity contribution >= 4 is 5.91 Å². The van der Waals surface area contributed by atoms with Gasteiger partial charge in [0.2, 0.25) is 11.7 Å². The Morgan fingerprint density at radius 1 is 1.06 bits per heavy atom. The molecular weight excluding hydrogens is 386 g/mol. The van der Waals surface area contributed by atoms with E-state index in [1.54, 1.807) is 0 Å². The Hall–Kier alpha value is -3.02. The summed E-state index contributed by atoms with van der Waals surface area (Å²) in [7, 11) is 0. The van der Waals surface area contributed by atoms with E-state index < -0.39 is 0 Å². The maximum Gasteiger partial charge on any atom is 0.225 e. The largest absolute Gasteiger partial charge is 0.342 e. The van der Waals surface area contributed by atoms with E-state index in [4.69, 9.17) is 0 Å². The van der Waals surface area contributed by atoms with Crippen LogP contribution >= 0.6 is 0 Å². The second kappa shape index (κ2) is 7.01. The van der Waals surface area contributed by atoms with E-state index >= 15 is 0 Å². The highest BCUT2D eigenvalue weighted by molar-refractivity contribution is 5.81. The first-order chi connectivity index (χ1) is 15.1. The highest BCUT2D eigenvalue weighted by atomic mass is 16.2. The molecule has 1 aromatic heterocycles. The van der Waals surface area contributed by atoms with E-state index in [9.17, 15) is 4.79 Å². The zero-order valence-corrected chi connectivity index (χ0v) is 17.8. The van der Waals surface area contributed by atoms with Gasteiger partial charge < -0.3 is 4.90 Å². The van der Waals surface area contributed by atoms with Crippen LogP contribution in [0.2, 0.25) is 0 Å². The predicted molar refractivity (Wildman–Crippen MR) is 118 cm³/mol. The molecule has 6 rings (SSSR count). The summed E-state index contributed by atoms with van der Waals surface area (Å²) in [4.78, 5) is 14.7. The second-order valence-corrected chi connectivity index (χ2v) is 9.70. The maximum absolute atomic E-state index is 12.5. The van der Waals surface area contributed by atoms with Crippen LogP contribution in [0.4, 0.5) is 0 Å². The number of aromatic nitrogens is 4. The molecule has 6 heteroatoms. The summed E-state index contributed by atoms with van der Waals surface area (Å²) >= 11 is 0. The molecule has 2 heterocycles. The van der Waals surface area contributed by atoms with E-state index in [1.807, 2.05) is 12.1 Å². The minimum absolute atomic E-state index is 0.315. The van der Waals surface area contributed by atoms with Crippen LogP contribution in [0.15, 0.2) is 48.5 Å². The topological polar surface area (TPSA) is 74.8 Å². The third-order valence-electron chi connectivity index (χ3n) is 7.80. The van der Waals surface area contributed by atoms with Crippen LogP contribution in [-0.4, -0.2) is 44.5 Å². The lowest BCUT2D eigenvalue weighted by atomic mass is 9.88. The molecule has 1 aliphatic heterocycles. The summed E-state index contributed by atoms with van der Waals surface area (Å²) in [6.45, 7) is 4.08. The Balaban J connectivity index is 1.13. The van der Waals surface area contributed by atoms with Gasteiger partial charge in [-0.2, -0.15) is 5.21 Å². The number of piperidine rings is 1. The molecule has 3 atom stereocenters. The average molecular weight is 414 g/mol. The number of H-pyrrole nitrogens is 1. The first-order valence-electron chi connectivity index (χ1n) is 11.4. The molecule has 3 fully saturated rings. The van der Waals surface area contributed by atoms with Gasteiger partial charge in [-0.3, -0.25) is 4.79 Å². The molecule has 0 bridgehead atoms. The standard InChI is InChI=1S/C25H27N5O/c1-16-13-21(16)24(31)30-11-9-25(10-12-30)15-22(25)18-7-5-17(6-8-18)19-3-2-4-20(14-19)23-26-28-29-27-23/h2-8,14,16,21-22H,9-13,15H2,1H3,(H,26,27,28,29)/t16?,21?,22-/m1/s1. The van der Waals surface area contributed by atoms with Crippen LogP contribution in [0.1, 0.15) is 44.1 Å². The summed E-state index contributed by atoms with van der Waals surface area (Å²) < 4.78 is 0. The maximum atomic E-state index is 12.5. The Morgan fingerprint density at radius 3 is 2.48 bits per heavy atom. The van der Waals surface area contributed by atoms with Gasteiger partial charge in [0, 0.05) is 24.6 Å². The minimum Gasteiger partial charge on any atom is -0.342 e. The SMILES string of the molecule is CC1CC1C(=O)N1CCC2(CC1)C[C@@H]2c1ccc(-c2cccc(-c3nn[nH]n3)c2)cc1. The van der Waals surface area contributed by atoms with Crippen LogP contribution in [0.5, 0.6) is 0 Å². The number of hydrogen-bond donors (Lipinski definition) is 1. The minimum atomic E-state index is 0.315. The van der Waals surface area contributed by atoms with Gasteiger partial charge in [-0.05, 0) is 70.9 Å². The molecule has 2 saturated carbocycles. The predicted octanol–water partition coefficient (Wildman–Crippen LogP) is 4.29. The molecule has 1 N–H and O–H groups in total. The number of aromatic amines is 1. The zero-order chi connectivity index (χ0) is 21.0. The number of carbonyl (C=O) groups is 1. The molecule has 1 spiro atoms. The molecule has 2 unspecified atom stereocenters. The molecule has 31 heavy (non-hydrogen) atoms. The number of rotatable bonds is 4. The first kappa shape index (κ1) is 18.7. The summed E-state index contributed by atoms with van der Waals surface area (Å²) in [6.07, 6.45) is 4.66. The van der Waals surface area contributed by atoms with Crippen LogP contribution in [0, 0.1) is 17.3 Å². The molecule has 1 amide bonds. The highest BCUT2D eigenvalue weighted by Gasteiger charge is 2.56. The van der Waals surface area contributed by atoms with Crippen molar-refractivity contribution in [1.29, 1.82) is 0 Å². The van der Waals surface area contributed by atoms with Gasteiger partial charge >= 0.3 is 0 Å². The summed E-state index contributed by atoms with van der Waals surface area (Å²) in [5.74, 6) is 2.58. The van der Waals surface area contributed by atoms with Gasteiger partial charge in [0.05, 0.1) is 0 Å². The fraction of sp³-hybridized carbons (Fsp3) is 0.440. The number of likely N-dealkylation sites (tertiary alicyclic amines) is 1. The molecule has 1 saturated heterocycles. The van der Waals surface area contributed by atoms with Crippen molar-refractivity contribution in [1.82, 2.24) is 25.5 Å². The van der Waals surface area contributed by atoms with Crippen molar-refractivity contribution < 1.29 is 4.79 Å². The number of nitrogens with zero attached hydrogens (tertiary/aromatic N) is 4. The van der Waals surface area contributed by atoms with Gasteiger partial charge in [-0.1, -0.05) is 49.4 Å². The Morgan fingerprint density at radius 2 is 1.81 bits per heavy atom. The summed E-state index contributed by atoms with van der Waals surface area (Å²) in [5.41, 5.74) is 5.17. The van der Waals surface area contributed by atoms with E-state index in [-0.39, 0.29) is 0 Å². The average Bonchev–Trinajstić information content (AvgIpc) is 3.63. The normalized spacial score (nSPS) is 26.1. The number of nitrogens with one attached hydrogen (secondary N) is 1. The van der Waals surface area contributed by atoms with Crippen molar-refractivity contribution in [2.75, 3.05) is 13.1 Å². The molecule has 6 nitrogen and oxygen atoms in total.